The summed E-state index contributed by atoms with van der Waals surface area (Å²) in [6.45, 7) is 2.91. The number of hydrogen-bond donors (Lipinski definition) is 1. The number of terminal acetylenes is 1. The lowest BCUT2D eigenvalue weighted by atomic mass is 9.85. The van der Waals surface area contributed by atoms with Crippen LogP contribution < -0.4 is 0 Å². The first-order valence-corrected chi connectivity index (χ1v) is 7.78. The van der Waals surface area contributed by atoms with Gasteiger partial charge in [0.1, 0.15) is 6.10 Å². The highest BCUT2D eigenvalue weighted by Gasteiger charge is 2.43. The fourth-order valence-corrected chi connectivity index (χ4v) is 3.43. The highest BCUT2D eigenvalue weighted by atomic mass is 16.6. The highest BCUT2D eigenvalue weighted by molar-refractivity contribution is 5.81. The molecule has 0 amide bonds. The van der Waals surface area contributed by atoms with E-state index in [4.69, 9.17) is 11.2 Å². The van der Waals surface area contributed by atoms with Gasteiger partial charge in [0.2, 0.25) is 0 Å². The molecule has 22 heavy (non-hydrogen) atoms. The fraction of sp³-hybridized carbons (Fsp3) is 0.500. The maximum atomic E-state index is 12.6. The summed E-state index contributed by atoms with van der Waals surface area (Å²) in [5.41, 5.74) is -1.28. The standard InChI is InChI=1S/C18H21NO3/c1-2-10-18(21,15-6-4-3-5-7-15)17(20)22-16-13-19-11-8-14(16)9-12-19/h1,3-7,14,16,21H,8-13H2/t16-,18-/m0/s1. The van der Waals surface area contributed by atoms with Gasteiger partial charge in [-0.05, 0) is 37.4 Å². The largest absolute Gasteiger partial charge is 0.458 e. The quantitative estimate of drug-likeness (QED) is 0.677. The first-order chi connectivity index (χ1) is 10.6. The molecule has 1 N–H and O–H groups in total. The van der Waals surface area contributed by atoms with Crippen molar-refractivity contribution in [3.8, 4) is 12.3 Å². The molecule has 4 rings (SSSR count). The van der Waals surface area contributed by atoms with Crippen LogP contribution in [0.4, 0.5) is 0 Å². The molecular formula is C18H21NO3. The number of fused-ring (bicyclic) bond motifs is 3. The Morgan fingerprint density at radius 3 is 2.59 bits per heavy atom. The predicted molar refractivity (Wildman–Crippen MR) is 82.8 cm³/mol. The van der Waals surface area contributed by atoms with Crippen molar-refractivity contribution in [2.75, 3.05) is 19.6 Å². The summed E-state index contributed by atoms with van der Waals surface area (Å²) in [5.74, 6) is 2.17. The van der Waals surface area contributed by atoms with Gasteiger partial charge in [0, 0.05) is 6.54 Å². The first kappa shape index (κ1) is 15.1. The minimum absolute atomic E-state index is 0.0864. The van der Waals surface area contributed by atoms with Gasteiger partial charge < -0.3 is 9.84 Å². The molecule has 0 radical (unpaired) electrons. The molecule has 1 aromatic carbocycles. The number of ether oxygens (including phenoxy) is 1. The zero-order valence-electron chi connectivity index (χ0n) is 12.6. The van der Waals surface area contributed by atoms with Crippen molar-refractivity contribution in [3.63, 3.8) is 0 Å². The van der Waals surface area contributed by atoms with Crippen molar-refractivity contribution in [1.29, 1.82) is 0 Å². The third-order valence-corrected chi connectivity index (χ3v) is 4.80. The van der Waals surface area contributed by atoms with Crippen molar-refractivity contribution >= 4 is 5.97 Å². The van der Waals surface area contributed by atoms with Gasteiger partial charge in [0.25, 0.3) is 0 Å². The van der Waals surface area contributed by atoms with E-state index in [0.29, 0.717) is 11.5 Å². The van der Waals surface area contributed by atoms with E-state index >= 15 is 0 Å². The minimum atomic E-state index is -1.76. The van der Waals surface area contributed by atoms with Crippen molar-refractivity contribution in [1.82, 2.24) is 4.90 Å². The third-order valence-electron chi connectivity index (χ3n) is 4.80. The summed E-state index contributed by atoms with van der Waals surface area (Å²) >= 11 is 0. The van der Waals surface area contributed by atoms with Crippen LogP contribution in [0.2, 0.25) is 0 Å². The van der Waals surface area contributed by atoms with E-state index in [1.54, 1.807) is 24.3 Å². The second-order valence-electron chi connectivity index (χ2n) is 6.19. The molecule has 4 heteroatoms. The molecule has 0 unspecified atom stereocenters. The first-order valence-electron chi connectivity index (χ1n) is 7.78. The zero-order valence-corrected chi connectivity index (χ0v) is 12.6. The van der Waals surface area contributed by atoms with Crippen LogP contribution in [0.25, 0.3) is 0 Å². The third kappa shape index (κ3) is 2.75. The van der Waals surface area contributed by atoms with Crippen LogP contribution in [0.1, 0.15) is 24.8 Å². The molecule has 3 fully saturated rings. The van der Waals surface area contributed by atoms with E-state index in [-0.39, 0.29) is 12.5 Å². The Hall–Kier alpha value is -1.83. The van der Waals surface area contributed by atoms with Gasteiger partial charge in [-0.2, -0.15) is 0 Å². The maximum absolute atomic E-state index is 12.6. The average molecular weight is 299 g/mol. The van der Waals surface area contributed by atoms with Crippen molar-refractivity contribution in [2.24, 2.45) is 5.92 Å². The molecule has 3 saturated heterocycles. The van der Waals surface area contributed by atoms with Crippen molar-refractivity contribution in [2.45, 2.75) is 31.0 Å². The lowest BCUT2D eigenvalue weighted by Gasteiger charge is -2.44. The van der Waals surface area contributed by atoms with Crippen molar-refractivity contribution < 1.29 is 14.6 Å². The number of rotatable bonds is 4. The van der Waals surface area contributed by atoms with Gasteiger partial charge in [0.15, 0.2) is 5.60 Å². The summed E-state index contributed by atoms with van der Waals surface area (Å²) in [6, 6.07) is 8.79. The number of nitrogens with zero attached hydrogens (tertiary/aromatic N) is 1. The minimum Gasteiger partial charge on any atom is -0.458 e. The number of carbonyl (C=O) groups excluding carboxylic acids is 1. The number of carbonyl (C=O) groups is 1. The van der Waals surface area contributed by atoms with Crippen LogP contribution in [0.5, 0.6) is 0 Å². The number of benzene rings is 1. The molecule has 116 valence electrons. The second kappa shape index (κ2) is 6.12. The molecule has 3 aliphatic rings. The Morgan fingerprint density at radius 1 is 1.36 bits per heavy atom. The number of hydrogen-bond acceptors (Lipinski definition) is 4. The Kier molecular flexibility index (Phi) is 4.19. The summed E-state index contributed by atoms with van der Waals surface area (Å²) in [6.07, 6.45) is 7.24. The van der Waals surface area contributed by atoms with E-state index in [0.717, 1.165) is 32.5 Å². The van der Waals surface area contributed by atoms with Crippen LogP contribution >= 0.6 is 0 Å². The van der Waals surface area contributed by atoms with Crippen LogP contribution in [-0.2, 0) is 15.1 Å². The molecule has 2 bridgehead atoms. The van der Waals surface area contributed by atoms with Crippen LogP contribution in [0, 0.1) is 18.3 Å². The van der Waals surface area contributed by atoms with E-state index in [2.05, 4.69) is 10.8 Å². The van der Waals surface area contributed by atoms with Gasteiger partial charge in [-0.15, -0.1) is 12.3 Å². The van der Waals surface area contributed by atoms with Crippen LogP contribution in [0.15, 0.2) is 30.3 Å². The second-order valence-corrected chi connectivity index (χ2v) is 6.19. The molecule has 4 nitrogen and oxygen atoms in total. The topological polar surface area (TPSA) is 49.8 Å². The molecule has 0 aliphatic carbocycles. The number of aliphatic hydroxyl groups is 1. The Morgan fingerprint density at radius 2 is 2.05 bits per heavy atom. The molecule has 1 aromatic rings. The lowest BCUT2D eigenvalue weighted by Crippen LogP contribution is -2.53. The Balaban J connectivity index is 1.77. The predicted octanol–water partition coefficient (Wildman–Crippen LogP) is 1.53. The van der Waals surface area contributed by atoms with Crippen LogP contribution in [-0.4, -0.2) is 41.7 Å². The number of esters is 1. The van der Waals surface area contributed by atoms with Gasteiger partial charge in [-0.25, -0.2) is 4.79 Å². The van der Waals surface area contributed by atoms with Gasteiger partial charge >= 0.3 is 5.97 Å². The molecule has 2 atom stereocenters. The molecule has 3 aliphatic heterocycles. The zero-order chi connectivity index (χ0) is 15.6. The summed E-state index contributed by atoms with van der Waals surface area (Å²) in [4.78, 5) is 14.9. The maximum Gasteiger partial charge on any atom is 0.344 e. The molecule has 0 saturated carbocycles. The van der Waals surface area contributed by atoms with E-state index in [9.17, 15) is 9.90 Å². The fourth-order valence-electron chi connectivity index (χ4n) is 3.43. The monoisotopic (exact) mass is 299 g/mol. The van der Waals surface area contributed by atoms with E-state index in [1.165, 1.54) is 0 Å². The van der Waals surface area contributed by atoms with Crippen molar-refractivity contribution in [3.05, 3.63) is 35.9 Å². The van der Waals surface area contributed by atoms with Gasteiger partial charge in [-0.3, -0.25) is 4.90 Å². The molecule has 3 heterocycles. The highest BCUT2D eigenvalue weighted by Crippen LogP contribution is 2.33. The number of piperidine rings is 3. The molecule has 0 spiro atoms. The van der Waals surface area contributed by atoms with E-state index < -0.39 is 11.6 Å². The van der Waals surface area contributed by atoms with Gasteiger partial charge in [-0.1, -0.05) is 30.3 Å². The normalized spacial score (nSPS) is 29.4. The summed E-state index contributed by atoms with van der Waals surface area (Å²) in [5, 5.41) is 10.8. The van der Waals surface area contributed by atoms with Gasteiger partial charge in [0.05, 0.1) is 6.42 Å². The summed E-state index contributed by atoms with van der Waals surface area (Å²) < 4.78 is 5.67. The van der Waals surface area contributed by atoms with E-state index in [1.807, 2.05) is 6.07 Å². The molecule has 0 aromatic heterocycles. The molecular weight excluding hydrogens is 278 g/mol. The summed E-state index contributed by atoms with van der Waals surface area (Å²) in [7, 11) is 0. The lowest BCUT2D eigenvalue weighted by molar-refractivity contribution is -0.181. The smallest absolute Gasteiger partial charge is 0.344 e. The average Bonchev–Trinajstić information content (AvgIpc) is 2.57. The Labute approximate surface area is 131 Å². The Bertz CT molecular complexity index is 572. The van der Waals surface area contributed by atoms with Crippen LogP contribution in [0.3, 0.4) is 0 Å². The SMILES string of the molecule is C#CC[C@@](O)(C(=O)O[C@H]1CN2CCC1CC2)c1ccccc1.